The van der Waals surface area contributed by atoms with Crippen LogP contribution < -0.4 is 5.32 Å². The minimum absolute atomic E-state index is 0.0777. The maximum absolute atomic E-state index is 12.7. The number of hydrogen-bond acceptors (Lipinski definition) is 6. The molecule has 0 saturated heterocycles. The van der Waals surface area contributed by atoms with E-state index in [1.165, 1.54) is 4.68 Å². The van der Waals surface area contributed by atoms with Gasteiger partial charge in [0.05, 0.1) is 29.8 Å². The Balaban J connectivity index is 1.50. The second-order valence-electron chi connectivity index (χ2n) is 7.83. The molecule has 9 nitrogen and oxygen atoms in total. The fourth-order valence-electron chi connectivity index (χ4n) is 3.73. The molecule has 0 aliphatic carbocycles. The van der Waals surface area contributed by atoms with Crippen LogP contribution in [-0.2, 0) is 16.1 Å². The Hall–Kier alpha value is -4.29. The maximum Gasteiger partial charge on any atom is 0.343 e. The number of nitriles is 1. The van der Waals surface area contributed by atoms with Crippen molar-refractivity contribution in [2.24, 2.45) is 0 Å². The van der Waals surface area contributed by atoms with Gasteiger partial charge in [0.2, 0.25) is 0 Å². The first-order valence-electron chi connectivity index (χ1n) is 10.7. The number of aryl methyl sites for hydroxylation is 1. The molecule has 1 amide bonds. The van der Waals surface area contributed by atoms with Crippen molar-refractivity contribution in [1.82, 2.24) is 14.3 Å². The summed E-state index contributed by atoms with van der Waals surface area (Å²) in [6, 6.07) is 14.8. The topological polar surface area (TPSA) is 115 Å². The number of ether oxygens (including phenoxy) is 1. The van der Waals surface area contributed by atoms with Gasteiger partial charge in [0.25, 0.3) is 5.91 Å². The molecule has 3 aromatic heterocycles. The average molecular weight is 492 g/mol. The van der Waals surface area contributed by atoms with Gasteiger partial charge in [-0.15, -0.1) is 0 Å². The van der Waals surface area contributed by atoms with Crippen LogP contribution in [0.1, 0.15) is 38.6 Å². The van der Waals surface area contributed by atoms with Crippen molar-refractivity contribution in [1.29, 1.82) is 5.26 Å². The quantitative estimate of drug-likeness (QED) is 0.379. The number of rotatable bonds is 7. The predicted molar refractivity (Wildman–Crippen MR) is 129 cm³/mol. The van der Waals surface area contributed by atoms with Crippen LogP contribution in [0.3, 0.4) is 0 Å². The largest absolute Gasteiger partial charge is 0.467 e. The summed E-state index contributed by atoms with van der Waals surface area (Å²) in [5, 5.41) is 16.8. The number of amides is 1. The second-order valence-corrected chi connectivity index (χ2v) is 8.19. The van der Waals surface area contributed by atoms with Crippen molar-refractivity contribution in [3.05, 3.63) is 87.7 Å². The summed E-state index contributed by atoms with van der Waals surface area (Å²) in [7, 11) is 0. The van der Waals surface area contributed by atoms with E-state index < -0.39 is 18.5 Å². The number of esters is 1. The Kier molecular flexibility index (Phi) is 6.75. The van der Waals surface area contributed by atoms with Gasteiger partial charge in [0, 0.05) is 5.69 Å². The summed E-state index contributed by atoms with van der Waals surface area (Å²) in [6.07, 6.45) is 1.55. The van der Waals surface area contributed by atoms with Crippen LogP contribution in [0, 0.1) is 32.1 Å². The van der Waals surface area contributed by atoms with Crippen LogP contribution in [0.5, 0.6) is 0 Å². The van der Waals surface area contributed by atoms with Crippen LogP contribution in [0.25, 0.3) is 5.69 Å². The highest BCUT2D eigenvalue weighted by molar-refractivity contribution is 6.33. The van der Waals surface area contributed by atoms with Gasteiger partial charge in [-0.05, 0) is 50.6 Å². The Morgan fingerprint density at radius 3 is 2.57 bits per heavy atom. The molecular weight excluding hydrogens is 470 g/mol. The molecule has 0 bridgehead atoms. The molecule has 10 heteroatoms. The van der Waals surface area contributed by atoms with Gasteiger partial charge in [-0.1, -0.05) is 29.8 Å². The number of aromatic nitrogens is 3. The van der Waals surface area contributed by atoms with E-state index in [1.807, 2.05) is 25.1 Å². The maximum atomic E-state index is 12.7. The van der Waals surface area contributed by atoms with Crippen LogP contribution in [0.4, 0.5) is 5.82 Å². The SMILES string of the molecule is Cc1nn(-c2ccccc2)c(Cl)c1C(=O)OCC(=O)Nc1c(C#N)c(C)c(C)n1Cc1ccco1. The van der Waals surface area contributed by atoms with Crippen LogP contribution >= 0.6 is 11.6 Å². The molecule has 0 radical (unpaired) electrons. The Labute approximate surface area is 206 Å². The molecule has 0 atom stereocenters. The van der Waals surface area contributed by atoms with E-state index in [4.69, 9.17) is 20.8 Å². The number of benzene rings is 1. The predicted octanol–water partition coefficient (Wildman–Crippen LogP) is 4.56. The third kappa shape index (κ3) is 4.69. The molecule has 0 aliphatic rings. The van der Waals surface area contributed by atoms with E-state index >= 15 is 0 Å². The zero-order chi connectivity index (χ0) is 25.1. The number of furan rings is 1. The lowest BCUT2D eigenvalue weighted by Gasteiger charge is -2.12. The molecule has 0 spiro atoms. The standard InChI is InChI=1S/C25H22ClN5O4/c1-15-17(3)30(13-19-10-7-11-34-19)24(20(15)12-27)28-21(32)14-35-25(33)22-16(2)29-31(23(22)26)18-8-5-4-6-9-18/h4-11H,13-14H2,1-3H3,(H,28,32). The summed E-state index contributed by atoms with van der Waals surface area (Å²) < 4.78 is 13.8. The molecule has 35 heavy (non-hydrogen) atoms. The van der Waals surface area contributed by atoms with Gasteiger partial charge >= 0.3 is 5.97 Å². The minimum Gasteiger partial charge on any atom is -0.467 e. The van der Waals surface area contributed by atoms with E-state index in [-0.39, 0.29) is 10.7 Å². The fourth-order valence-corrected chi connectivity index (χ4v) is 4.08. The zero-order valence-corrected chi connectivity index (χ0v) is 20.1. The number of halogens is 1. The van der Waals surface area contributed by atoms with Crippen molar-refractivity contribution in [3.63, 3.8) is 0 Å². The summed E-state index contributed by atoms with van der Waals surface area (Å²) in [6.45, 7) is 5.04. The minimum atomic E-state index is -0.774. The molecule has 3 heterocycles. The fraction of sp³-hybridized carbons (Fsp3) is 0.200. The van der Waals surface area contributed by atoms with E-state index in [1.54, 1.807) is 48.9 Å². The highest BCUT2D eigenvalue weighted by atomic mass is 35.5. The van der Waals surface area contributed by atoms with Crippen molar-refractivity contribution in [2.45, 2.75) is 27.3 Å². The third-order valence-corrected chi connectivity index (χ3v) is 5.99. The molecule has 178 valence electrons. The Bertz CT molecular complexity index is 1430. The van der Waals surface area contributed by atoms with E-state index in [2.05, 4.69) is 16.5 Å². The zero-order valence-electron chi connectivity index (χ0n) is 19.3. The van der Waals surface area contributed by atoms with E-state index in [0.29, 0.717) is 35.1 Å². The first kappa shape index (κ1) is 23.9. The van der Waals surface area contributed by atoms with Crippen molar-refractivity contribution in [3.8, 4) is 11.8 Å². The van der Waals surface area contributed by atoms with Crippen molar-refractivity contribution in [2.75, 3.05) is 11.9 Å². The smallest absolute Gasteiger partial charge is 0.343 e. The molecule has 1 N–H and O–H groups in total. The molecular formula is C25H22ClN5O4. The van der Waals surface area contributed by atoms with E-state index in [0.717, 1.165) is 11.3 Å². The number of carbonyl (C=O) groups excluding carboxylic acids is 2. The first-order chi connectivity index (χ1) is 16.8. The number of carbonyl (C=O) groups is 2. The van der Waals surface area contributed by atoms with Crippen molar-refractivity contribution >= 4 is 29.3 Å². The highest BCUT2D eigenvalue weighted by Crippen LogP contribution is 2.28. The lowest BCUT2D eigenvalue weighted by atomic mass is 10.2. The van der Waals surface area contributed by atoms with Crippen LogP contribution in [-0.4, -0.2) is 32.8 Å². The van der Waals surface area contributed by atoms with Gasteiger partial charge in [-0.2, -0.15) is 10.4 Å². The van der Waals surface area contributed by atoms with Crippen LogP contribution in [0.2, 0.25) is 5.15 Å². The Morgan fingerprint density at radius 2 is 1.91 bits per heavy atom. The highest BCUT2D eigenvalue weighted by Gasteiger charge is 2.24. The average Bonchev–Trinajstić information content (AvgIpc) is 3.53. The molecule has 0 saturated carbocycles. The lowest BCUT2D eigenvalue weighted by molar-refractivity contribution is -0.119. The molecule has 0 aliphatic heterocycles. The van der Waals surface area contributed by atoms with Gasteiger partial charge < -0.3 is 19.0 Å². The molecule has 0 unspecified atom stereocenters. The molecule has 0 fully saturated rings. The first-order valence-corrected chi connectivity index (χ1v) is 11.1. The molecule has 4 rings (SSSR count). The monoisotopic (exact) mass is 491 g/mol. The van der Waals surface area contributed by atoms with Gasteiger partial charge in [-0.3, -0.25) is 4.79 Å². The van der Waals surface area contributed by atoms with Crippen molar-refractivity contribution < 1.29 is 18.7 Å². The number of nitrogens with one attached hydrogen (secondary N) is 1. The summed E-state index contributed by atoms with van der Waals surface area (Å²) in [5.41, 5.74) is 3.01. The van der Waals surface area contributed by atoms with Gasteiger partial charge in [0.1, 0.15) is 28.4 Å². The van der Waals surface area contributed by atoms with E-state index in [9.17, 15) is 14.9 Å². The molecule has 1 aromatic carbocycles. The Morgan fingerprint density at radius 1 is 1.17 bits per heavy atom. The van der Waals surface area contributed by atoms with Crippen LogP contribution in [0.15, 0.2) is 53.1 Å². The summed E-state index contributed by atoms with van der Waals surface area (Å²) in [5.74, 6) is -0.401. The van der Waals surface area contributed by atoms with Gasteiger partial charge in [-0.25, -0.2) is 9.48 Å². The number of hydrogen-bond donors (Lipinski definition) is 1. The third-order valence-electron chi connectivity index (χ3n) is 5.64. The second kappa shape index (κ2) is 9.91. The molecule has 4 aromatic rings. The summed E-state index contributed by atoms with van der Waals surface area (Å²) >= 11 is 6.40. The normalized spacial score (nSPS) is 10.7. The number of nitrogens with zero attached hydrogens (tertiary/aromatic N) is 4. The summed E-state index contributed by atoms with van der Waals surface area (Å²) in [4.78, 5) is 25.4. The number of para-hydroxylation sites is 1. The number of anilines is 1. The lowest BCUT2D eigenvalue weighted by Crippen LogP contribution is -2.23. The van der Waals surface area contributed by atoms with Gasteiger partial charge in [0.15, 0.2) is 6.61 Å².